The number of rotatable bonds is 2. The molecular weight excluding hydrogens is 268 g/mol. The van der Waals surface area contributed by atoms with Gasteiger partial charge >= 0.3 is 17.8 Å². The molecular formula is C11H10N4O3S. The number of terminal acetylenes is 1. The van der Waals surface area contributed by atoms with E-state index in [1.54, 1.807) is 13.8 Å². The number of likely N-dealkylation sites (N-methyl/N-ethyl adjacent to an activating group) is 1. The summed E-state index contributed by atoms with van der Waals surface area (Å²) in [5, 5.41) is 8.17. The molecule has 0 aliphatic carbocycles. The molecule has 2 heterocycles. The Morgan fingerprint density at radius 3 is 2.32 bits per heavy atom. The lowest BCUT2D eigenvalue weighted by Gasteiger charge is -2.12. The summed E-state index contributed by atoms with van der Waals surface area (Å²) in [6.45, 7) is 3.53. The maximum Gasteiger partial charge on any atom is 0.340 e. The zero-order chi connectivity index (χ0) is 14.4. The summed E-state index contributed by atoms with van der Waals surface area (Å²) < 4.78 is 0. The summed E-state index contributed by atoms with van der Waals surface area (Å²) in [4.78, 5) is 36.3. The molecule has 2 rings (SSSR count). The second-order valence-electron chi connectivity index (χ2n) is 4.45. The van der Waals surface area contributed by atoms with Crippen LogP contribution < -0.4 is 4.90 Å². The SMILES string of the molecule is C#CC(C)(C)c1nnc(N2C(=O)C(=O)N(C)C2=O)s1. The summed E-state index contributed by atoms with van der Waals surface area (Å²) >= 11 is 1.01. The van der Waals surface area contributed by atoms with Crippen LogP contribution in [0.25, 0.3) is 0 Å². The molecule has 4 amide bonds. The molecule has 1 aliphatic heterocycles. The van der Waals surface area contributed by atoms with Crippen LogP contribution in [0.5, 0.6) is 0 Å². The Balaban J connectivity index is 2.40. The average molecular weight is 278 g/mol. The minimum Gasteiger partial charge on any atom is -0.263 e. The van der Waals surface area contributed by atoms with E-state index >= 15 is 0 Å². The summed E-state index contributed by atoms with van der Waals surface area (Å²) in [5.74, 6) is 0.717. The summed E-state index contributed by atoms with van der Waals surface area (Å²) in [6, 6.07) is -0.740. The smallest absolute Gasteiger partial charge is 0.263 e. The highest BCUT2D eigenvalue weighted by Gasteiger charge is 2.45. The predicted octanol–water partition coefficient (Wildman–Crippen LogP) is 0.374. The van der Waals surface area contributed by atoms with Crippen molar-refractivity contribution in [3.8, 4) is 12.3 Å². The standard InChI is InChI=1S/C11H10N4O3S/c1-5-11(2,3)8-12-13-9(19-8)15-7(17)6(16)14(4)10(15)18/h1H,2-4H3. The van der Waals surface area contributed by atoms with Crippen LogP contribution >= 0.6 is 11.3 Å². The Morgan fingerprint density at radius 2 is 1.84 bits per heavy atom. The van der Waals surface area contributed by atoms with Crippen LogP contribution in [0.15, 0.2) is 0 Å². The first-order valence-electron chi connectivity index (χ1n) is 5.27. The number of carbonyl (C=O) groups excluding carboxylic acids is 3. The molecule has 1 aliphatic rings. The van der Waals surface area contributed by atoms with Crippen molar-refractivity contribution in [3.63, 3.8) is 0 Å². The van der Waals surface area contributed by atoms with Gasteiger partial charge in [-0.05, 0) is 13.8 Å². The summed E-state index contributed by atoms with van der Waals surface area (Å²) in [5.41, 5.74) is -0.655. The van der Waals surface area contributed by atoms with E-state index in [1.165, 1.54) is 7.05 Å². The molecule has 98 valence electrons. The third-order valence-corrected chi connectivity index (χ3v) is 3.90. The third-order valence-electron chi connectivity index (χ3n) is 2.67. The quantitative estimate of drug-likeness (QED) is 0.443. The number of aromatic nitrogens is 2. The van der Waals surface area contributed by atoms with Gasteiger partial charge in [0.15, 0.2) is 0 Å². The van der Waals surface area contributed by atoms with Gasteiger partial charge in [0.2, 0.25) is 5.13 Å². The molecule has 7 nitrogen and oxygen atoms in total. The number of hydrogen-bond acceptors (Lipinski definition) is 6. The summed E-state index contributed by atoms with van der Waals surface area (Å²) in [6.07, 6.45) is 5.38. The van der Waals surface area contributed by atoms with Gasteiger partial charge < -0.3 is 0 Å². The van der Waals surface area contributed by atoms with E-state index in [9.17, 15) is 14.4 Å². The first-order valence-corrected chi connectivity index (χ1v) is 6.09. The molecule has 0 bridgehead atoms. The monoisotopic (exact) mass is 278 g/mol. The third kappa shape index (κ3) is 1.88. The molecule has 1 aromatic rings. The molecule has 1 fully saturated rings. The number of anilines is 1. The maximum absolute atomic E-state index is 11.8. The van der Waals surface area contributed by atoms with Gasteiger partial charge in [0, 0.05) is 7.05 Å². The fraction of sp³-hybridized carbons (Fsp3) is 0.364. The largest absolute Gasteiger partial charge is 0.340 e. The van der Waals surface area contributed by atoms with Crippen LogP contribution in [-0.2, 0) is 15.0 Å². The first-order chi connectivity index (χ1) is 8.79. The molecule has 0 saturated carbocycles. The van der Waals surface area contributed by atoms with E-state index in [1.807, 2.05) is 0 Å². The topological polar surface area (TPSA) is 83.5 Å². The maximum atomic E-state index is 11.8. The van der Waals surface area contributed by atoms with E-state index in [0.717, 1.165) is 16.2 Å². The number of nitrogens with zero attached hydrogens (tertiary/aromatic N) is 4. The van der Waals surface area contributed by atoms with E-state index in [0.29, 0.717) is 9.91 Å². The molecule has 0 radical (unpaired) electrons. The van der Waals surface area contributed by atoms with Crippen LogP contribution in [0.1, 0.15) is 18.9 Å². The molecule has 19 heavy (non-hydrogen) atoms. The molecule has 8 heteroatoms. The van der Waals surface area contributed by atoms with Crippen molar-refractivity contribution < 1.29 is 14.4 Å². The van der Waals surface area contributed by atoms with Crippen molar-refractivity contribution >= 4 is 34.3 Å². The number of imide groups is 2. The molecule has 0 aromatic carbocycles. The highest BCUT2D eigenvalue weighted by molar-refractivity contribution is 7.16. The van der Waals surface area contributed by atoms with Crippen LogP contribution in [0.4, 0.5) is 9.93 Å². The second kappa shape index (κ2) is 4.13. The summed E-state index contributed by atoms with van der Waals surface area (Å²) in [7, 11) is 1.23. The Labute approximate surface area is 113 Å². The molecule has 0 N–H and O–H groups in total. The van der Waals surface area contributed by atoms with Gasteiger partial charge in [-0.2, -0.15) is 4.90 Å². The highest BCUT2D eigenvalue weighted by atomic mass is 32.1. The molecule has 1 saturated heterocycles. The van der Waals surface area contributed by atoms with Gasteiger partial charge in [-0.1, -0.05) is 17.3 Å². The number of urea groups is 1. The fourth-order valence-electron chi connectivity index (χ4n) is 1.35. The average Bonchev–Trinajstić information content (AvgIpc) is 2.92. The van der Waals surface area contributed by atoms with Crippen molar-refractivity contribution in [2.24, 2.45) is 0 Å². The zero-order valence-electron chi connectivity index (χ0n) is 10.5. The van der Waals surface area contributed by atoms with E-state index in [2.05, 4.69) is 16.1 Å². The minimum atomic E-state index is -0.936. The Kier molecular flexibility index (Phi) is 2.87. The van der Waals surface area contributed by atoms with Crippen molar-refractivity contribution in [2.45, 2.75) is 19.3 Å². The normalized spacial score (nSPS) is 16.2. The van der Waals surface area contributed by atoms with Gasteiger partial charge in [-0.15, -0.1) is 16.6 Å². The van der Waals surface area contributed by atoms with Crippen molar-refractivity contribution in [1.82, 2.24) is 15.1 Å². The molecule has 1 aromatic heterocycles. The van der Waals surface area contributed by atoms with Gasteiger partial charge in [-0.3, -0.25) is 14.5 Å². The van der Waals surface area contributed by atoms with Crippen molar-refractivity contribution in [2.75, 3.05) is 11.9 Å². The van der Waals surface area contributed by atoms with E-state index in [4.69, 9.17) is 6.42 Å². The zero-order valence-corrected chi connectivity index (χ0v) is 11.3. The van der Waals surface area contributed by atoms with Crippen LogP contribution in [-0.4, -0.2) is 40.0 Å². The van der Waals surface area contributed by atoms with E-state index in [-0.39, 0.29) is 5.13 Å². The van der Waals surface area contributed by atoms with Crippen LogP contribution in [0.2, 0.25) is 0 Å². The molecule has 0 atom stereocenters. The Morgan fingerprint density at radius 1 is 1.21 bits per heavy atom. The highest BCUT2D eigenvalue weighted by Crippen LogP contribution is 2.31. The number of amides is 4. The van der Waals surface area contributed by atoms with Crippen LogP contribution in [0, 0.1) is 12.3 Å². The Bertz CT molecular complexity index is 628. The van der Waals surface area contributed by atoms with Gasteiger partial charge in [-0.25, -0.2) is 4.79 Å². The lowest BCUT2D eigenvalue weighted by molar-refractivity contribution is -0.138. The van der Waals surface area contributed by atoms with Gasteiger partial charge in [0.1, 0.15) is 5.01 Å². The Hall–Kier alpha value is -2.27. The number of hydrogen-bond donors (Lipinski definition) is 0. The lowest BCUT2D eigenvalue weighted by Crippen LogP contribution is -2.31. The fourth-order valence-corrected chi connectivity index (χ4v) is 2.25. The minimum absolute atomic E-state index is 0.0472. The lowest BCUT2D eigenvalue weighted by atomic mass is 9.96. The van der Waals surface area contributed by atoms with Crippen LogP contribution in [0.3, 0.4) is 0 Å². The predicted molar refractivity (Wildman–Crippen MR) is 67.4 cm³/mol. The molecule has 0 unspecified atom stereocenters. The molecule has 0 spiro atoms. The van der Waals surface area contributed by atoms with Crippen molar-refractivity contribution in [1.29, 1.82) is 0 Å². The van der Waals surface area contributed by atoms with Gasteiger partial charge in [0.25, 0.3) is 0 Å². The second-order valence-corrected chi connectivity index (χ2v) is 5.40. The van der Waals surface area contributed by atoms with Gasteiger partial charge in [0.05, 0.1) is 5.41 Å². The van der Waals surface area contributed by atoms with Crippen molar-refractivity contribution in [3.05, 3.63) is 5.01 Å². The first kappa shape index (κ1) is 13.2. The van der Waals surface area contributed by atoms with E-state index < -0.39 is 23.3 Å². The number of carbonyl (C=O) groups is 3.